The average Bonchev–Trinajstić information content (AvgIpc) is 2.42. The summed E-state index contributed by atoms with van der Waals surface area (Å²) in [5.74, 6) is 0.564. The summed E-state index contributed by atoms with van der Waals surface area (Å²) in [6, 6.07) is 8.64. The van der Waals surface area contributed by atoms with Gasteiger partial charge in [-0.2, -0.15) is 0 Å². The van der Waals surface area contributed by atoms with Gasteiger partial charge in [0.05, 0.1) is 12.8 Å². The zero-order valence-electron chi connectivity index (χ0n) is 11.3. The van der Waals surface area contributed by atoms with Gasteiger partial charge in [0.2, 0.25) is 0 Å². The first kappa shape index (κ1) is 13.7. The van der Waals surface area contributed by atoms with Crippen molar-refractivity contribution in [3.05, 3.63) is 41.6 Å². The summed E-state index contributed by atoms with van der Waals surface area (Å²) in [6.45, 7) is 1.93. The van der Waals surface area contributed by atoms with Crippen molar-refractivity contribution in [2.45, 2.75) is 6.92 Å². The summed E-state index contributed by atoms with van der Waals surface area (Å²) < 4.78 is 5.15. The van der Waals surface area contributed by atoms with Gasteiger partial charge in [-0.25, -0.2) is 4.98 Å². The molecule has 2 aromatic rings. The molecule has 0 bridgehead atoms. The lowest BCUT2D eigenvalue weighted by Crippen LogP contribution is -2.14. The Labute approximate surface area is 116 Å². The molecule has 0 aliphatic rings. The number of nitrogens with zero attached hydrogens (tertiary/aromatic N) is 1. The second-order valence-corrected chi connectivity index (χ2v) is 4.30. The number of nitrogen functional groups attached to an aromatic ring is 1. The smallest absolute Gasteiger partial charge is 0.267 e. The van der Waals surface area contributed by atoms with E-state index in [0.717, 1.165) is 17.0 Å². The number of hydrogen-bond donors (Lipinski definition) is 3. The van der Waals surface area contributed by atoms with Crippen molar-refractivity contribution in [3.63, 3.8) is 0 Å². The van der Waals surface area contributed by atoms with E-state index in [9.17, 15) is 4.79 Å². The molecule has 0 aliphatic carbocycles. The van der Waals surface area contributed by atoms with Crippen molar-refractivity contribution in [1.29, 1.82) is 0 Å². The van der Waals surface area contributed by atoms with Gasteiger partial charge in [0, 0.05) is 5.69 Å². The van der Waals surface area contributed by atoms with Crippen molar-refractivity contribution in [2.75, 3.05) is 18.2 Å². The summed E-state index contributed by atoms with van der Waals surface area (Å²) in [5.41, 5.74) is 13.4. The largest absolute Gasteiger partial charge is 0.497 e. The standard InChI is InChI=1S/C14H16N4O2/c1-8-7-9(20-2)3-5-11(8)17-14-10(15)4-6-12(18-14)13(16)19/h3-7H,15H2,1-2H3,(H2,16,19)(H,17,18). The number of benzene rings is 1. The van der Waals surface area contributed by atoms with Crippen LogP contribution < -0.4 is 21.5 Å². The SMILES string of the molecule is COc1ccc(Nc2nc(C(N)=O)ccc2N)c(C)c1. The molecule has 0 atom stereocenters. The third kappa shape index (κ3) is 2.80. The molecular weight excluding hydrogens is 256 g/mol. The summed E-state index contributed by atoms with van der Waals surface area (Å²) >= 11 is 0. The molecule has 0 saturated heterocycles. The Bertz CT molecular complexity index is 656. The maximum absolute atomic E-state index is 11.1. The molecule has 0 unspecified atom stereocenters. The molecule has 5 N–H and O–H groups in total. The van der Waals surface area contributed by atoms with E-state index in [0.29, 0.717) is 11.5 Å². The molecule has 0 radical (unpaired) electrons. The van der Waals surface area contributed by atoms with Crippen LogP contribution in [-0.2, 0) is 0 Å². The van der Waals surface area contributed by atoms with E-state index in [1.165, 1.54) is 6.07 Å². The number of pyridine rings is 1. The number of amides is 1. The number of carbonyl (C=O) groups excluding carboxylic acids is 1. The van der Waals surface area contributed by atoms with Crippen LogP contribution in [0.4, 0.5) is 17.2 Å². The molecule has 1 amide bonds. The summed E-state index contributed by atoms with van der Waals surface area (Å²) in [5, 5.41) is 3.09. The van der Waals surface area contributed by atoms with Crippen molar-refractivity contribution in [3.8, 4) is 5.75 Å². The van der Waals surface area contributed by atoms with E-state index < -0.39 is 5.91 Å². The van der Waals surface area contributed by atoms with Gasteiger partial charge in [-0.05, 0) is 42.8 Å². The van der Waals surface area contributed by atoms with Crippen molar-refractivity contribution in [1.82, 2.24) is 4.98 Å². The Hall–Kier alpha value is -2.76. The number of methoxy groups -OCH3 is 1. The number of aryl methyl sites for hydroxylation is 1. The van der Waals surface area contributed by atoms with Gasteiger partial charge in [-0.1, -0.05) is 0 Å². The molecule has 0 aliphatic heterocycles. The number of carbonyl (C=O) groups is 1. The third-order valence-corrected chi connectivity index (χ3v) is 2.87. The number of anilines is 3. The molecule has 1 aromatic heterocycles. The highest BCUT2D eigenvalue weighted by molar-refractivity contribution is 5.92. The van der Waals surface area contributed by atoms with Gasteiger partial charge in [-0.15, -0.1) is 0 Å². The number of aromatic nitrogens is 1. The zero-order valence-corrected chi connectivity index (χ0v) is 11.3. The maximum Gasteiger partial charge on any atom is 0.267 e. The Morgan fingerprint density at radius 3 is 2.65 bits per heavy atom. The molecule has 6 heteroatoms. The zero-order chi connectivity index (χ0) is 14.7. The van der Waals surface area contributed by atoms with E-state index in [-0.39, 0.29) is 5.69 Å². The molecule has 2 rings (SSSR count). The fourth-order valence-corrected chi connectivity index (χ4v) is 1.74. The van der Waals surface area contributed by atoms with Crippen LogP contribution in [-0.4, -0.2) is 18.0 Å². The number of nitrogens with one attached hydrogen (secondary N) is 1. The number of rotatable bonds is 4. The molecule has 0 fully saturated rings. The third-order valence-electron chi connectivity index (χ3n) is 2.87. The molecule has 20 heavy (non-hydrogen) atoms. The van der Waals surface area contributed by atoms with Gasteiger partial charge < -0.3 is 21.5 Å². The first-order valence-electron chi connectivity index (χ1n) is 5.99. The van der Waals surface area contributed by atoms with Crippen LogP contribution in [0.3, 0.4) is 0 Å². The molecule has 104 valence electrons. The van der Waals surface area contributed by atoms with Gasteiger partial charge in [0.1, 0.15) is 11.4 Å². The molecule has 6 nitrogen and oxygen atoms in total. The summed E-state index contributed by atoms with van der Waals surface area (Å²) in [4.78, 5) is 15.3. The fourth-order valence-electron chi connectivity index (χ4n) is 1.74. The first-order chi connectivity index (χ1) is 9.51. The highest BCUT2D eigenvalue weighted by Crippen LogP contribution is 2.26. The minimum absolute atomic E-state index is 0.160. The van der Waals surface area contributed by atoms with Crippen LogP contribution in [0.25, 0.3) is 0 Å². The first-order valence-corrected chi connectivity index (χ1v) is 5.99. The quantitative estimate of drug-likeness (QED) is 0.787. The maximum atomic E-state index is 11.1. The van der Waals surface area contributed by atoms with Crippen molar-refractivity contribution < 1.29 is 9.53 Å². The highest BCUT2D eigenvalue weighted by Gasteiger charge is 2.09. The van der Waals surface area contributed by atoms with Crippen LogP contribution in [0.15, 0.2) is 30.3 Å². The van der Waals surface area contributed by atoms with E-state index in [2.05, 4.69) is 10.3 Å². The topological polar surface area (TPSA) is 103 Å². The Balaban J connectivity index is 2.34. The predicted molar refractivity (Wildman–Crippen MR) is 78.2 cm³/mol. The molecule has 1 heterocycles. The van der Waals surface area contributed by atoms with Gasteiger partial charge in [0.15, 0.2) is 5.82 Å². The number of nitrogens with two attached hydrogens (primary N) is 2. The second-order valence-electron chi connectivity index (χ2n) is 4.30. The Morgan fingerprint density at radius 1 is 1.30 bits per heavy atom. The molecule has 0 saturated carbocycles. The fraction of sp³-hybridized carbons (Fsp3) is 0.143. The number of ether oxygens (including phenoxy) is 1. The van der Waals surface area contributed by atoms with Crippen LogP contribution >= 0.6 is 0 Å². The second kappa shape index (κ2) is 5.48. The summed E-state index contributed by atoms with van der Waals surface area (Å²) in [7, 11) is 1.61. The van der Waals surface area contributed by atoms with Crippen LogP contribution in [0.5, 0.6) is 5.75 Å². The van der Waals surface area contributed by atoms with E-state index >= 15 is 0 Å². The van der Waals surface area contributed by atoms with Gasteiger partial charge in [0.25, 0.3) is 5.91 Å². The Kier molecular flexibility index (Phi) is 3.74. The normalized spacial score (nSPS) is 10.1. The minimum Gasteiger partial charge on any atom is -0.497 e. The predicted octanol–water partition coefficient (Wildman–Crippen LogP) is 1.82. The van der Waals surface area contributed by atoms with Crippen molar-refractivity contribution >= 4 is 23.1 Å². The minimum atomic E-state index is -0.598. The summed E-state index contributed by atoms with van der Waals surface area (Å²) in [6.07, 6.45) is 0. The highest BCUT2D eigenvalue weighted by atomic mass is 16.5. The van der Waals surface area contributed by atoms with Crippen LogP contribution in [0.2, 0.25) is 0 Å². The number of primary amides is 1. The molecular formula is C14H16N4O2. The lowest BCUT2D eigenvalue weighted by Gasteiger charge is -2.12. The van der Waals surface area contributed by atoms with Gasteiger partial charge in [-0.3, -0.25) is 4.79 Å². The monoisotopic (exact) mass is 272 g/mol. The average molecular weight is 272 g/mol. The van der Waals surface area contributed by atoms with E-state index in [1.54, 1.807) is 13.2 Å². The van der Waals surface area contributed by atoms with Crippen LogP contribution in [0, 0.1) is 6.92 Å². The van der Waals surface area contributed by atoms with Crippen LogP contribution in [0.1, 0.15) is 16.1 Å². The van der Waals surface area contributed by atoms with E-state index in [1.807, 2.05) is 25.1 Å². The van der Waals surface area contributed by atoms with Crippen molar-refractivity contribution in [2.24, 2.45) is 5.73 Å². The molecule has 1 aromatic carbocycles. The number of hydrogen-bond acceptors (Lipinski definition) is 5. The van der Waals surface area contributed by atoms with Gasteiger partial charge >= 0.3 is 0 Å². The molecule has 0 spiro atoms. The lowest BCUT2D eigenvalue weighted by atomic mass is 10.2. The lowest BCUT2D eigenvalue weighted by molar-refractivity contribution is 0.0996. The van der Waals surface area contributed by atoms with E-state index in [4.69, 9.17) is 16.2 Å². The Morgan fingerprint density at radius 2 is 2.05 bits per heavy atom.